The molecule has 0 rings (SSSR count). The summed E-state index contributed by atoms with van der Waals surface area (Å²) < 4.78 is 4.83. The highest BCUT2D eigenvalue weighted by molar-refractivity contribution is 5.77. The van der Waals surface area contributed by atoms with Crippen LogP contribution in [-0.4, -0.2) is 24.3 Å². The van der Waals surface area contributed by atoms with E-state index in [1.54, 1.807) is 20.8 Å². The van der Waals surface area contributed by atoms with Crippen LogP contribution in [0, 0.1) is 0 Å². The number of hydrogen-bond acceptors (Lipinski definition) is 3. The van der Waals surface area contributed by atoms with Crippen LogP contribution in [0.5, 0.6) is 0 Å². The maximum absolute atomic E-state index is 11.0. The topological polar surface area (TPSA) is 80.1 Å². The van der Waals surface area contributed by atoms with Gasteiger partial charge >= 0.3 is 12.1 Å². The van der Waals surface area contributed by atoms with Gasteiger partial charge in [0.05, 0.1) is 0 Å². The zero-order valence-corrected chi connectivity index (χ0v) is 10.2. The number of amides is 3. The van der Waals surface area contributed by atoms with Crippen molar-refractivity contribution in [3.63, 3.8) is 0 Å². The highest BCUT2D eigenvalue weighted by Gasteiger charge is 2.15. The van der Waals surface area contributed by atoms with Crippen LogP contribution in [0.4, 0.5) is 9.59 Å². The van der Waals surface area contributed by atoms with Gasteiger partial charge < -0.3 is 10.1 Å². The number of nitrogens with zero attached hydrogens (tertiary/aromatic N) is 2. The molecule has 0 radical (unpaired) electrons. The number of unbranched alkanes of at least 4 members (excludes halogenated alkanes) is 1. The van der Waals surface area contributed by atoms with Crippen molar-refractivity contribution in [3.05, 3.63) is 0 Å². The van der Waals surface area contributed by atoms with Gasteiger partial charge in [-0.1, -0.05) is 23.6 Å². The van der Waals surface area contributed by atoms with Crippen molar-refractivity contribution < 1.29 is 14.3 Å². The maximum atomic E-state index is 11.0. The third kappa shape index (κ3) is 9.11. The summed E-state index contributed by atoms with van der Waals surface area (Å²) in [5.74, 6) is 0. The van der Waals surface area contributed by atoms with Gasteiger partial charge in [0.25, 0.3) is 0 Å². The van der Waals surface area contributed by atoms with E-state index in [1.165, 1.54) is 0 Å². The van der Waals surface area contributed by atoms with Crippen LogP contribution >= 0.6 is 0 Å². The van der Waals surface area contributed by atoms with Crippen molar-refractivity contribution >= 4 is 12.1 Å². The lowest BCUT2D eigenvalue weighted by atomic mass is 10.2. The summed E-state index contributed by atoms with van der Waals surface area (Å²) >= 11 is 0. The van der Waals surface area contributed by atoms with Gasteiger partial charge in [0.15, 0.2) is 0 Å². The van der Waals surface area contributed by atoms with Crippen molar-refractivity contribution in [1.29, 1.82) is 0 Å². The van der Waals surface area contributed by atoms with Crippen LogP contribution in [-0.2, 0) is 4.74 Å². The molecule has 0 atom stereocenters. The Morgan fingerprint density at radius 3 is 2.38 bits per heavy atom. The SMILES string of the molecule is CCCCNC(=O)/N=N/C(=O)OC(C)(C)C. The van der Waals surface area contributed by atoms with Gasteiger partial charge in [0.1, 0.15) is 5.60 Å². The molecule has 0 aliphatic rings. The standard InChI is InChI=1S/C10H19N3O3/c1-5-6-7-11-8(14)12-13-9(15)16-10(2,3)4/h5-7H2,1-4H3,(H,11,14)/b13-12+. The lowest BCUT2D eigenvalue weighted by Gasteiger charge is -2.16. The molecule has 0 aromatic rings. The summed E-state index contributed by atoms with van der Waals surface area (Å²) in [4.78, 5) is 22.0. The van der Waals surface area contributed by atoms with E-state index >= 15 is 0 Å². The highest BCUT2D eigenvalue weighted by atomic mass is 16.6. The smallest absolute Gasteiger partial charge is 0.441 e. The van der Waals surface area contributed by atoms with E-state index < -0.39 is 17.7 Å². The first-order valence-electron chi connectivity index (χ1n) is 5.27. The van der Waals surface area contributed by atoms with E-state index in [-0.39, 0.29) is 0 Å². The van der Waals surface area contributed by atoms with E-state index in [1.807, 2.05) is 6.92 Å². The quantitative estimate of drug-likeness (QED) is 0.596. The molecule has 0 saturated carbocycles. The zero-order chi connectivity index (χ0) is 12.6. The second-order valence-electron chi connectivity index (χ2n) is 4.27. The Labute approximate surface area is 95.5 Å². The molecule has 0 bridgehead atoms. The maximum Gasteiger partial charge on any atom is 0.453 e. The first-order valence-corrected chi connectivity index (χ1v) is 5.27. The highest BCUT2D eigenvalue weighted by Crippen LogP contribution is 2.07. The summed E-state index contributed by atoms with van der Waals surface area (Å²) in [7, 11) is 0. The number of azo groups is 1. The van der Waals surface area contributed by atoms with E-state index in [2.05, 4.69) is 15.5 Å². The Hall–Kier alpha value is -1.46. The summed E-state index contributed by atoms with van der Waals surface area (Å²) in [6.07, 6.45) is 0.982. The molecular formula is C10H19N3O3. The molecule has 1 N–H and O–H groups in total. The van der Waals surface area contributed by atoms with Crippen LogP contribution in [0.1, 0.15) is 40.5 Å². The molecule has 0 aromatic heterocycles. The van der Waals surface area contributed by atoms with Crippen LogP contribution in [0.2, 0.25) is 0 Å². The molecule has 0 aromatic carbocycles. The zero-order valence-electron chi connectivity index (χ0n) is 10.2. The summed E-state index contributed by atoms with van der Waals surface area (Å²) in [6, 6.07) is -0.626. The fourth-order valence-electron chi connectivity index (χ4n) is 0.776. The van der Waals surface area contributed by atoms with Crippen molar-refractivity contribution in [1.82, 2.24) is 5.32 Å². The van der Waals surface area contributed by atoms with Crippen LogP contribution < -0.4 is 5.32 Å². The molecule has 0 fully saturated rings. The summed E-state index contributed by atoms with van der Waals surface area (Å²) in [5, 5.41) is 8.82. The van der Waals surface area contributed by atoms with Crippen molar-refractivity contribution in [2.24, 2.45) is 10.2 Å². The van der Waals surface area contributed by atoms with Crippen molar-refractivity contribution in [2.75, 3.05) is 6.54 Å². The van der Waals surface area contributed by atoms with Gasteiger partial charge in [-0.3, -0.25) is 0 Å². The minimum atomic E-state index is -0.863. The number of nitrogens with one attached hydrogen (secondary N) is 1. The predicted octanol–water partition coefficient (Wildman–Crippen LogP) is 2.88. The Morgan fingerprint density at radius 1 is 1.25 bits per heavy atom. The number of hydrogen-bond donors (Lipinski definition) is 1. The minimum absolute atomic E-state index is 0.530. The second kappa shape index (κ2) is 6.92. The molecular weight excluding hydrogens is 210 g/mol. The molecule has 3 amide bonds. The molecule has 0 unspecified atom stereocenters. The third-order valence-electron chi connectivity index (χ3n) is 1.42. The monoisotopic (exact) mass is 229 g/mol. The number of carbonyl (C=O) groups is 2. The number of rotatable bonds is 3. The molecule has 6 heteroatoms. The van der Waals surface area contributed by atoms with Gasteiger partial charge in [-0.15, -0.1) is 0 Å². The minimum Gasteiger partial charge on any atom is -0.441 e. The molecule has 0 saturated heterocycles. The molecule has 0 heterocycles. The molecule has 0 aliphatic carbocycles. The van der Waals surface area contributed by atoms with E-state index in [4.69, 9.17) is 4.74 Å². The van der Waals surface area contributed by atoms with Gasteiger partial charge in [-0.2, -0.15) is 0 Å². The summed E-state index contributed by atoms with van der Waals surface area (Å²) in [5.41, 5.74) is -0.630. The predicted molar refractivity (Wildman–Crippen MR) is 59.4 cm³/mol. The third-order valence-corrected chi connectivity index (χ3v) is 1.42. The molecule has 6 nitrogen and oxygen atoms in total. The van der Waals surface area contributed by atoms with Gasteiger partial charge in [0, 0.05) is 6.54 Å². The molecule has 0 spiro atoms. The van der Waals surface area contributed by atoms with Crippen molar-refractivity contribution in [3.8, 4) is 0 Å². The number of carbonyl (C=O) groups excluding carboxylic acids is 2. The second-order valence-corrected chi connectivity index (χ2v) is 4.27. The van der Waals surface area contributed by atoms with E-state index in [9.17, 15) is 9.59 Å². The van der Waals surface area contributed by atoms with Crippen LogP contribution in [0.15, 0.2) is 10.2 Å². The molecule has 92 valence electrons. The largest absolute Gasteiger partial charge is 0.453 e. The van der Waals surface area contributed by atoms with E-state index in [0.29, 0.717) is 6.54 Å². The lowest BCUT2D eigenvalue weighted by molar-refractivity contribution is 0.0590. The van der Waals surface area contributed by atoms with E-state index in [0.717, 1.165) is 12.8 Å². The molecule has 16 heavy (non-hydrogen) atoms. The Kier molecular flexibility index (Phi) is 6.29. The van der Waals surface area contributed by atoms with Crippen molar-refractivity contribution in [2.45, 2.75) is 46.1 Å². The first-order chi connectivity index (χ1) is 7.35. The number of ether oxygens (including phenoxy) is 1. The average Bonchev–Trinajstić information content (AvgIpc) is 2.12. The normalized spacial score (nSPS) is 11.5. The Morgan fingerprint density at radius 2 is 1.88 bits per heavy atom. The fraction of sp³-hybridized carbons (Fsp3) is 0.800. The summed E-state index contributed by atoms with van der Waals surface area (Å²) in [6.45, 7) is 7.67. The van der Waals surface area contributed by atoms with Gasteiger partial charge in [0.2, 0.25) is 0 Å². The van der Waals surface area contributed by atoms with Gasteiger partial charge in [-0.05, 0) is 27.2 Å². The lowest BCUT2D eigenvalue weighted by Crippen LogP contribution is -2.23. The Balaban J connectivity index is 3.89. The Bertz CT molecular complexity index is 269. The first kappa shape index (κ1) is 14.5. The van der Waals surface area contributed by atoms with Crippen LogP contribution in [0.25, 0.3) is 0 Å². The average molecular weight is 229 g/mol. The molecule has 0 aliphatic heterocycles. The van der Waals surface area contributed by atoms with Gasteiger partial charge in [-0.25, -0.2) is 9.59 Å². The van der Waals surface area contributed by atoms with Crippen LogP contribution in [0.3, 0.4) is 0 Å². The fourth-order valence-corrected chi connectivity index (χ4v) is 0.776. The number of urea groups is 1.